The van der Waals surface area contributed by atoms with Gasteiger partial charge in [-0.1, -0.05) is 20.8 Å². The molecule has 0 aliphatic carbocycles. The fourth-order valence-electron chi connectivity index (χ4n) is 1.60. The Balaban J connectivity index is 3.53. The summed E-state index contributed by atoms with van der Waals surface area (Å²) >= 11 is 0. The number of methoxy groups -OCH3 is 1. The molecule has 0 aromatic carbocycles. The smallest absolute Gasteiger partial charge is 0.0502 e. The van der Waals surface area contributed by atoms with Gasteiger partial charge in [0, 0.05) is 13.7 Å². The second-order valence-electron chi connectivity index (χ2n) is 4.16. The first kappa shape index (κ1) is 12.9. The standard InChI is InChI=1S/C11H25NO/c1-5-6-12-8-11(9-13-4)7-10(2)3/h10-12H,5-9H2,1-4H3. The van der Waals surface area contributed by atoms with Crippen LogP contribution in [0.15, 0.2) is 0 Å². The molecule has 0 rings (SSSR count). The van der Waals surface area contributed by atoms with Gasteiger partial charge in [0.05, 0.1) is 6.61 Å². The summed E-state index contributed by atoms with van der Waals surface area (Å²) in [4.78, 5) is 0. The topological polar surface area (TPSA) is 21.3 Å². The predicted octanol–water partition coefficient (Wildman–Crippen LogP) is 2.29. The molecule has 0 aliphatic heterocycles. The number of rotatable bonds is 8. The molecule has 2 heteroatoms. The van der Waals surface area contributed by atoms with E-state index >= 15 is 0 Å². The zero-order valence-electron chi connectivity index (χ0n) is 9.60. The van der Waals surface area contributed by atoms with Gasteiger partial charge in [0.1, 0.15) is 0 Å². The highest BCUT2D eigenvalue weighted by atomic mass is 16.5. The fourth-order valence-corrected chi connectivity index (χ4v) is 1.60. The van der Waals surface area contributed by atoms with Crippen LogP contribution in [0.1, 0.15) is 33.6 Å². The van der Waals surface area contributed by atoms with Crippen LogP contribution >= 0.6 is 0 Å². The van der Waals surface area contributed by atoms with Gasteiger partial charge >= 0.3 is 0 Å². The highest BCUT2D eigenvalue weighted by molar-refractivity contribution is 4.63. The Hall–Kier alpha value is -0.0800. The van der Waals surface area contributed by atoms with Crippen LogP contribution < -0.4 is 5.32 Å². The Bertz CT molecular complexity index is 104. The summed E-state index contributed by atoms with van der Waals surface area (Å²) in [6.07, 6.45) is 2.46. The van der Waals surface area contributed by atoms with Gasteiger partial charge in [0.2, 0.25) is 0 Å². The van der Waals surface area contributed by atoms with Crippen molar-refractivity contribution in [1.82, 2.24) is 5.32 Å². The zero-order chi connectivity index (χ0) is 10.1. The van der Waals surface area contributed by atoms with Crippen molar-refractivity contribution >= 4 is 0 Å². The Morgan fingerprint density at radius 3 is 2.46 bits per heavy atom. The summed E-state index contributed by atoms with van der Waals surface area (Å²) in [6.45, 7) is 9.83. The molecule has 0 spiro atoms. The van der Waals surface area contributed by atoms with Crippen molar-refractivity contribution in [1.29, 1.82) is 0 Å². The minimum absolute atomic E-state index is 0.677. The molecule has 13 heavy (non-hydrogen) atoms. The molecule has 80 valence electrons. The number of ether oxygens (including phenoxy) is 1. The maximum absolute atomic E-state index is 5.20. The molecule has 0 heterocycles. The minimum atomic E-state index is 0.677. The molecule has 1 N–H and O–H groups in total. The van der Waals surface area contributed by atoms with Crippen LogP contribution in [-0.4, -0.2) is 26.8 Å². The quantitative estimate of drug-likeness (QED) is 0.589. The fraction of sp³-hybridized carbons (Fsp3) is 1.00. The van der Waals surface area contributed by atoms with Crippen molar-refractivity contribution in [3.05, 3.63) is 0 Å². The molecule has 0 bridgehead atoms. The van der Waals surface area contributed by atoms with Gasteiger partial charge < -0.3 is 10.1 Å². The van der Waals surface area contributed by atoms with E-state index in [0.29, 0.717) is 5.92 Å². The first-order valence-corrected chi connectivity index (χ1v) is 5.40. The van der Waals surface area contributed by atoms with Crippen molar-refractivity contribution in [2.45, 2.75) is 33.6 Å². The van der Waals surface area contributed by atoms with E-state index in [-0.39, 0.29) is 0 Å². The highest BCUT2D eigenvalue weighted by Crippen LogP contribution is 2.10. The lowest BCUT2D eigenvalue weighted by Gasteiger charge is -2.18. The molecular formula is C11H25NO. The SMILES string of the molecule is CCCNCC(COC)CC(C)C. The van der Waals surface area contributed by atoms with Crippen LogP contribution in [0.2, 0.25) is 0 Å². The first-order valence-electron chi connectivity index (χ1n) is 5.40. The van der Waals surface area contributed by atoms with Crippen LogP contribution in [0, 0.1) is 11.8 Å². The lowest BCUT2D eigenvalue weighted by atomic mass is 9.98. The lowest BCUT2D eigenvalue weighted by molar-refractivity contribution is 0.139. The Labute approximate surface area is 83.1 Å². The zero-order valence-corrected chi connectivity index (χ0v) is 9.60. The van der Waals surface area contributed by atoms with Crippen LogP contribution in [0.3, 0.4) is 0 Å². The van der Waals surface area contributed by atoms with Gasteiger partial charge in [0.15, 0.2) is 0 Å². The summed E-state index contributed by atoms with van der Waals surface area (Å²) in [5, 5.41) is 3.45. The van der Waals surface area contributed by atoms with E-state index in [9.17, 15) is 0 Å². The molecular weight excluding hydrogens is 162 g/mol. The van der Waals surface area contributed by atoms with Gasteiger partial charge in [-0.2, -0.15) is 0 Å². The molecule has 0 fully saturated rings. The van der Waals surface area contributed by atoms with Crippen molar-refractivity contribution in [2.75, 3.05) is 26.8 Å². The van der Waals surface area contributed by atoms with Gasteiger partial charge in [-0.15, -0.1) is 0 Å². The second kappa shape index (κ2) is 8.52. The molecule has 0 radical (unpaired) electrons. The normalized spacial score (nSPS) is 13.6. The summed E-state index contributed by atoms with van der Waals surface area (Å²) in [7, 11) is 1.78. The number of nitrogens with one attached hydrogen (secondary N) is 1. The third kappa shape index (κ3) is 8.26. The van der Waals surface area contributed by atoms with E-state index in [1.54, 1.807) is 7.11 Å². The molecule has 0 amide bonds. The van der Waals surface area contributed by atoms with Crippen LogP contribution in [0.4, 0.5) is 0 Å². The molecule has 1 unspecified atom stereocenters. The van der Waals surface area contributed by atoms with Crippen molar-refractivity contribution in [3.8, 4) is 0 Å². The van der Waals surface area contributed by atoms with Crippen molar-refractivity contribution in [3.63, 3.8) is 0 Å². The van der Waals surface area contributed by atoms with Crippen molar-refractivity contribution in [2.24, 2.45) is 11.8 Å². The molecule has 2 nitrogen and oxygen atoms in total. The third-order valence-corrected chi connectivity index (χ3v) is 2.07. The van der Waals surface area contributed by atoms with E-state index in [1.807, 2.05) is 0 Å². The Morgan fingerprint density at radius 2 is 2.00 bits per heavy atom. The monoisotopic (exact) mass is 187 g/mol. The largest absolute Gasteiger partial charge is 0.384 e. The van der Waals surface area contributed by atoms with Crippen LogP contribution in [-0.2, 0) is 4.74 Å². The third-order valence-electron chi connectivity index (χ3n) is 2.07. The Kier molecular flexibility index (Phi) is 8.46. The highest BCUT2D eigenvalue weighted by Gasteiger charge is 2.09. The van der Waals surface area contributed by atoms with E-state index in [4.69, 9.17) is 4.74 Å². The molecule has 1 atom stereocenters. The van der Waals surface area contributed by atoms with E-state index in [0.717, 1.165) is 25.6 Å². The summed E-state index contributed by atoms with van der Waals surface area (Å²) in [5.41, 5.74) is 0. The lowest BCUT2D eigenvalue weighted by Crippen LogP contribution is -2.27. The first-order chi connectivity index (χ1) is 6.20. The molecule has 0 aromatic heterocycles. The minimum Gasteiger partial charge on any atom is -0.384 e. The maximum atomic E-state index is 5.20. The summed E-state index contributed by atoms with van der Waals surface area (Å²) in [6, 6.07) is 0. The summed E-state index contributed by atoms with van der Waals surface area (Å²) in [5.74, 6) is 1.44. The van der Waals surface area contributed by atoms with E-state index in [1.165, 1.54) is 12.8 Å². The molecule has 0 saturated heterocycles. The van der Waals surface area contributed by atoms with Gasteiger partial charge in [-0.3, -0.25) is 0 Å². The van der Waals surface area contributed by atoms with Crippen molar-refractivity contribution < 1.29 is 4.74 Å². The molecule has 0 saturated carbocycles. The second-order valence-corrected chi connectivity index (χ2v) is 4.16. The number of hydrogen-bond acceptors (Lipinski definition) is 2. The average molecular weight is 187 g/mol. The average Bonchev–Trinajstić information content (AvgIpc) is 2.04. The Morgan fingerprint density at radius 1 is 1.31 bits per heavy atom. The molecule has 0 aromatic rings. The predicted molar refractivity (Wildman–Crippen MR) is 58.0 cm³/mol. The van der Waals surface area contributed by atoms with Gasteiger partial charge in [0.25, 0.3) is 0 Å². The van der Waals surface area contributed by atoms with E-state index in [2.05, 4.69) is 26.1 Å². The molecule has 0 aliphatic rings. The summed E-state index contributed by atoms with van der Waals surface area (Å²) < 4.78 is 5.20. The number of hydrogen-bond donors (Lipinski definition) is 1. The van der Waals surface area contributed by atoms with Gasteiger partial charge in [-0.25, -0.2) is 0 Å². The van der Waals surface area contributed by atoms with Crippen LogP contribution in [0.25, 0.3) is 0 Å². The van der Waals surface area contributed by atoms with Crippen LogP contribution in [0.5, 0.6) is 0 Å². The van der Waals surface area contributed by atoms with Gasteiger partial charge in [-0.05, 0) is 31.2 Å². The maximum Gasteiger partial charge on any atom is 0.0502 e. The van der Waals surface area contributed by atoms with E-state index < -0.39 is 0 Å².